The van der Waals surface area contributed by atoms with Crippen LogP contribution in [0.25, 0.3) is 83.9 Å². The number of fused-ring (bicyclic) bond motifs is 7. The van der Waals surface area contributed by atoms with Gasteiger partial charge in [0.25, 0.3) is 0 Å². The predicted octanol–water partition coefficient (Wildman–Crippen LogP) is 11.8. The van der Waals surface area contributed by atoms with Crippen LogP contribution in [0.3, 0.4) is 0 Å². The van der Waals surface area contributed by atoms with Gasteiger partial charge in [-0.1, -0.05) is 141 Å². The molecular formula is C49H33N5. The average molecular weight is 692 g/mol. The van der Waals surface area contributed by atoms with Gasteiger partial charge in [0, 0.05) is 38.6 Å². The minimum atomic E-state index is -0.228. The maximum absolute atomic E-state index is 9.61. The fraction of sp³-hybridized carbons (Fsp3) is 0.0612. The number of hydrogen-bond donors (Lipinski definition) is 0. The summed E-state index contributed by atoms with van der Waals surface area (Å²) < 4.78 is 2.44. The molecule has 9 aromatic rings. The van der Waals surface area contributed by atoms with Crippen LogP contribution in [-0.2, 0) is 5.41 Å². The lowest BCUT2D eigenvalue weighted by Crippen LogP contribution is -2.16. The largest absolute Gasteiger partial charge is 0.309 e. The van der Waals surface area contributed by atoms with Crippen LogP contribution < -0.4 is 0 Å². The van der Waals surface area contributed by atoms with E-state index in [1.165, 1.54) is 38.5 Å². The van der Waals surface area contributed by atoms with Crippen LogP contribution in [0.5, 0.6) is 0 Å². The summed E-state index contributed by atoms with van der Waals surface area (Å²) in [6.45, 7) is 4.69. The van der Waals surface area contributed by atoms with Gasteiger partial charge in [-0.25, -0.2) is 15.0 Å². The summed E-state index contributed by atoms with van der Waals surface area (Å²) >= 11 is 0. The molecule has 1 aliphatic carbocycles. The first-order valence-corrected chi connectivity index (χ1v) is 18.2. The molecule has 5 nitrogen and oxygen atoms in total. The lowest BCUT2D eigenvalue weighted by molar-refractivity contribution is 0.664. The third-order valence-corrected chi connectivity index (χ3v) is 10.8. The lowest BCUT2D eigenvalue weighted by atomic mass is 9.81. The second-order valence-electron chi connectivity index (χ2n) is 14.4. The van der Waals surface area contributed by atoms with Crippen molar-refractivity contribution in [3.8, 4) is 68.2 Å². The molecule has 1 aliphatic rings. The van der Waals surface area contributed by atoms with Crippen LogP contribution in [0.1, 0.15) is 30.5 Å². The predicted molar refractivity (Wildman–Crippen MR) is 218 cm³/mol. The monoisotopic (exact) mass is 691 g/mol. The van der Waals surface area contributed by atoms with E-state index >= 15 is 0 Å². The Bertz CT molecular complexity index is 2890. The molecular weight excluding hydrogens is 659 g/mol. The van der Waals surface area contributed by atoms with Gasteiger partial charge in [-0.3, -0.25) is 0 Å². The van der Waals surface area contributed by atoms with Gasteiger partial charge in [-0.15, -0.1) is 0 Å². The van der Waals surface area contributed by atoms with Crippen molar-refractivity contribution in [3.05, 3.63) is 180 Å². The molecule has 54 heavy (non-hydrogen) atoms. The lowest BCUT2D eigenvalue weighted by Gasteiger charge is -2.24. The van der Waals surface area contributed by atoms with E-state index in [0.29, 0.717) is 23.0 Å². The molecule has 0 bridgehead atoms. The van der Waals surface area contributed by atoms with Crippen molar-refractivity contribution in [2.24, 2.45) is 0 Å². The van der Waals surface area contributed by atoms with Crippen molar-refractivity contribution in [3.63, 3.8) is 0 Å². The molecule has 0 saturated carbocycles. The molecule has 0 aliphatic heterocycles. The summed E-state index contributed by atoms with van der Waals surface area (Å²) in [4.78, 5) is 15.3. The molecule has 2 heterocycles. The van der Waals surface area contributed by atoms with E-state index in [4.69, 9.17) is 15.0 Å². The van der Waals surface area contributed by atoms with Crippen molar-refractivity contribution in [2.45, 2.75) is 19.3 Å². The van der Waals surface area contributed by atoms with E-state index in [-0.39, 0.29) is 5.41 Å². The number of para-hydroxylation sites is 1. The minimum Gasteiger partial charge on any atom is -0.309 e. The molecule has 254 valence electrons. The molecule has 7 aromatic carbocycles. The molecule has 0 N–H and O–H groups in total. The molecule has 0 radical (unpaired) electrons. The van der Waals surface area contributed by atoms with Gasteiger partial charge in [0.15, 0.2) is 17.5 Å². The Hall–Kier alpha value is -7.16. The Kier molecular flexibility index (Phi) is 7.14. The second-order valence-corrected chi connectivity index (χ2v) is 14.4. The summed E-state index contributed by atoms with van der Waals surface area (Å²) in [7, 11) is 0. The number of hydrogen-bond acceptors (Lipinski definition) is 4. The van der Waals surface area contributed by atoms with E-state index < -0.39 is 0 Å². The highest BCUT2D eigenvalue weighted by atomic mass is 15.0. The maximum Gasteiger partial charge on any atom is 0.164 e. The standard InChI is InChI=1S/C49H33N5/c1-49(2)42-19-11-9-17-38(42)40-25-26-41-39-18-10-12-20-43(39)54(45(41)44(40)49)37-28-35(32-23-21-31(30-50)22-24-32)27-36(29-37)48-52-46(33-13-5-3-6-14-33)51-47(53-48)34-15-7-4-8-16-34/h3-29H,1-2H3. The van der Waals surface area contributed by atoms with Crippen molar-refractivity contribution < 1.29 is 0 Å². The highest BCUT2D eigenvalue weighted by molar-refractivity contribution is 6.13. The highest BCUT2D eigenvalue weighted by Gasteiger charge is 2.38. The van der Waals surface area contributed by atoms with Crippen molar-refractivity contribution in [2.75, 3.05) is 0 Å². The van der Waals surface area contributed by atoms with Crippen LogP contribution in [0.4, 0.5) is 0 Å². The van der Waals surface area contributed by atoms with Crippen LogP contribution in [0.15, 0.2) is 164 Å². The van der Waals surface area contributed by atoms with E-state index in [0.717, 1.165) is 39.0 Å². The normalized spacial score (nSPS) is 12.8. The summed E-state index contributed by atoms with van der Waals surface area (Å²) in [6, 6.07) is 58.9. The summed E-state index contributed by atoms with van der Waals surface area (Å²) in [6.07, 6.45) is 0. The van der Waals surface area contributed by atoms with Crippen molar-refractivity contribution in [1.82, 2.24) is 19.5 Å². The molecule has 0 amide bonds. The molecule has 5 heteroatoms. The van der Waals surface area contributed by atoms with Crippen LogP contribution in [0, 0.1) is 11.3 Å². The Balaban J connectivity index is 1.29. The SMILES string of the molecule is CC1(C)c2ccccc2-c2ccc3c4ccccc4n(-c4cc(-c5ccc(C#N)cc5)cc(-c5nc(-c6ccccc6)nc(-c6ccccc6)n5)c4)c3c21. The number of aromatic nitrogens is 4. The zero-order valence-corrected chi connectivity index (χ0v) is 29.8. The molecule has 2 aromatic heterocycles. The van der Waals surface area contributed by atoms with E-state index in [1.807, 2.05) is 84.9 Å². The molecule has 0 atom stereocenters. The van der Waals surface area contributed by atoms with Gasteiger partial charge < -0.3 is 4.57 Å². The Morgan fingerprint density at radius 3 is 1.78 bits per heavy atom. The molecule has 0 fully saturated rings. The Labute approximate surface area is 313 Å². The van der Waals surface area contributed by atoms with Crippen LogP contribution >= 0.6 is 0 Å². The van der Waals surface area contributed by atoms with E-state index in [9.17, 15) is 5.26 Å². The zero-order chi connectivity index (χ0) is 36.4. The average Bonchev–Trinajstić information content (AvgIpc) is 3.69. The zero-order valence-electron chi connectivity index (χ0n) is 29.8. The first-order valence-electron chi connectivity index (χ1n) is 18.2. The van der Waals surface area contributed by atoms with E-state index in [1.54, 1.807) is 0 Å². The summed E-state index contributed by atoms with van der Waals surface area (Å²) in [5.74, 6) is 1.80. The quantitative estimate of drug-likeness (QED) is 0.180. The first-order chi connectivity index (χ1) is 26.5. The van der Waals surface area contributed by atoms with E-state index in [2.05, 4.69) is 103 Å². The third kappa shape index (κ3) is 4.96. The highest BCUT2D eigenvalue weighted by Crippen LogP contribution is 2.53. The van der Waals surface area contributed by atoms with Gasteiger partial charge >= 0.3 is 0 Å². The van der Waals surface area contributed by atoms with Gasteiger partial charge in [0.2, 0.25) is 0 Å². The maximum atomic E-state index is 9.61. The molecule has 0 spiro atoms. The number of nitrogens with zero attached hydrogens (tertiary/aromatic N) is 5. The van der Waals surface area contributed by atoms with Gasteiger partial charge in [0.1, 0.15) is 0 Å². The van der Waals surface area contributed by atoms with Crippen LogP contribution in [0.2, 0.25) is 0 Å². The first kappa shape index (κ1) is 31.6. The minimum absolute atomic E-state index is 0.228. The Morgan fingerprint density at radius 2 is 1.09 bits per heavy atom. The van der Waals surface area contributed by atoms with Crippen molar-refractivity contribution >= 4 is 21.8 Å². The number of benzene rings is 7. The number of rotatable bonds is 5. The molecule has 0 unspecified atom stereocenters. The second kappa shape index (κ2) is 12.2. The topological polar surface area (TPSA) is 67.4 Å². The molecule has 0 saturated heterocycles. The fourth-order valence-electron chi connectivity index (χ4n) is 8.29. The van der Waals surface area contributed by atoms with Crippen molar-refractivity contribution in [1.29, 1.82) is 5.26 Å². The summed E-state index contributed by atoms with van der Waals surface area (Å²) in [5.41, 5.74) is 13.6. The summed E-state index contributed by atoms with van der Waals surface area (Å²) in [5, 5.41) is 12.0. The van der Waals surface area contributed by atoms with Gasteiger partial charge in [-0.05, 0) is 69.8 Å². The van der Waals surface area contributed by atoms with Gasteiger partial charge in [0.05, 0.1) is 22.7 Å². The van der Waals surface area contributed by atoms with Gasteiger partial charge in [-0.2, -0.15) is 5.26 Å². The molecule has 10 rings (SSSR count). The third-order valence-electron chi connectivity index (χ3n) is 10.8. The van der Waals surface area contributed by atoms with Crippen LogP contribution in [-0.4, -0.2) is 19.5 Å². The Morgan fingerprint density at radius 1 is 0.500 bits per heavy atom. The fourth-order valence-corrected chi connectivity index (χ4v) is 8.29. The number of nitriles is 1. The smallest absolute Gasteiger partial charge is 0.164 e.